The zero-order chi connectivity index (χ0) is 14.4. The molecule has 0 saturated heterocycles. The lowest BCUT2D eigenvalue weighted by Gasteiger charge is -2.19. The van der Waals surface area contributed by atoms with Crippen molar-refractivity contribution in [1.29, 1.82) is 0 Å². The molecule has 0 radical (unpaired) electrons. The van der Waals surface area contributed by atoms with Crippen LogP contribution in [0, 0.1) is 5.92 Å². The Kier molecular flexibility index (Phi) is 6.08. The molecule has 3 heteroatoms. The summed E-state index contributed by atoms with van der Waals surface area (Å²) >= 11 is 0. The first-order valence-electron chi connectivity index (χ1n) is 8.48. The van der Waals surface area contributed by atoms with Gasteiger partial charge in [0.05, 0.1) is 11.7 Å². The topological polar surface area (TPSA) is 29.9 Å². The SMILES string of the molecule is CCC(CC)n1ccc(CC(CC2CCCC2)NC)n1. The second-order valence-corrected chi connectivity index (χ2v) is 6.33. The van der Waals surface area contributed by atoms with E-state index in [0.717, 1.165) is 25.2 Å². The summed E-state index contributed by atoms with van der Waals surface area (Å²) in [5.41, 5.74) is 1.24. The lowest BCUT2D eigenvalue weighted by atomic mass is 9.96. The van der Waals surface area contributed by atoms with Gasteiger partial charge in [0.2, 0.25) is 0 Å². The van der Waals surface area contributed by atoms with E-state index < -0.39 is 0 Å². The fourth-order valence-corrected chi connectivity index (χ4v) is 3.56. The van der Waals surface area contributed by atoms with Crippen molar-refractivity contribution < 1.29 is 0 Å². The minimum Gasteiger partial charge on any atom is -0.317 e. The van der Waals surface area contributed by atoms with Crippen LogP contribution in [0.15, 0.2) is 12.3 Å². The minimum absolute atomic E-state index is 0.562. The Morgan fingerprint density at radius 1 is 1.30 bits per heavy atom. The number of rotatable bonds is 8. The van der Waals surface area contributed by atoms with Gasteiger partial charge in [-0.25, -0.2) is 0 Å². The Hall–Kier alpha value is -0.830. The quantitative estimate of drug-likeness (QED) is 0.779. The van der Waals surface area contributed by atoms with Gasteiger partial charge < -0.3 is 5.32 Å². The highest BCUT2D eigenvalue weighted by molar-refractivity contribution is 5.02. The lowest BCUT2D eigenvalue weighted by Crippen LogP contribution is -2.30. The second kappa shape index (κ2) is 7.82. The van der Waals surface area contributed by atoms with Crippen molar-refractivity contribution in [2.75, 3.05) is 7.05 Å². The Bertz CT molecular complexity index is 375. The van der Waals surface area contributed by atoms with Crippen LogP contribution >= 0.6 is 0 Å². The molecule has 0 aromatic carbocycles. The van der Waals surface area contributed by atoms with Crippen LogP contribution < -0.4 is 5.32 Å². The summed E-state index contributed by atoms with van der Waals surface area (Å²) in [6.45, 7) is 4.48. The molecule has 1 heterocycles. The van der Waals surface area contributed by atoms with Gasteiger partial charge in [0.25, 0.3) is 0 Å². The van der Waals surface area contributed by atoms with Gasteiger partial charge >= 0.3 is 0 Å². The second-order valence-electron chi connectivity index (χ2n) is 6.33. The molecule has 114 valence electrons. The van der Waals surface area contributed by atoms with Gasteiger partial charge in [0.1, 0.15) is 0 Å². The first kappa shape index (κ1) is 15.6. The lowest BCUT2D eigenvalue weighted by molar-refractivity contribution is 0.393. The van der Waals surface area contributed by atoms with Crippen molar-refractivity contribution in [3.63, 3.8) is 0 Å². The maximum absolute atomic E-state index is 4.79. The monoisotopic (exact) mass is 277 g/mol. The highest BCUT2D eigenvalue weighted by atomic mass is 15.3. The molecule has 1 N–H and O–H groups in total. The molecule has 0 aliphatic heterocycles. The van der Waals surface area contributed by atoms with E-state index in [4.69, 9.17) is 5.10 Å². The van der Waals surface area contributed by atoms with Crippen molar-refractivity contribution in [2.45, 2.75) is 77.3 Å². The van der Waals surface area contributed by atoms with Gasteiger partial charge in [-0.2, -0.15) is 5.10 Å². The number of hydrogen-bond donors (Lipinski definition) is 1. The predicted octanol–water partition coefficient (Wildman–Crippen LogP) is 3.96. The zero-order valence-electron chi connectivity index (χ0n) is 13.4. The van der Waals surface area contributed by atoms with Crippen molar-refractivity contribution in [2.24, 2.45) is 5.92 Å². The van der Waals surface area contributed by atoms with Gasteiger partial charge in [-0.05, 0) is 38.3 Å². The Labute approximate surface area is 124 Å². The molecule has 1 aliphatic rings. The number of nitrogens with zero attached hydrogens (tertiary/aromatic N) is 2. The fraction of sp³-hybridized carbons (Fsp3) is 0.824. The van der Waals surface area contributed by atoms with E-state index in [1.54, 1.807) is 0 Å². The molecular formula is C17H31N3. The third-order valence-corrected chi connectivity index (χ3v) is 4.94. The zero-order valence-corrected chi connectivity index (χ0v) is 13.4. The molecule has 1 unspecified atom stereocenters. The van der Waals surface area contributed by atoms with E-state index in [1.807, 2.05) is 0 Å². The molecule has 1 saturated carbocycles. The average Bonchev–Trinajstić information content (AvgIpc) is 3.12. The highest BCUT2D eigenvalue weighted by Gasteiger charge is 2.20. The molecule has 0 spiro atoms. The molecule has 0 bridgehead atoms. The highest BCUT2D eigenvalue weighted by Crippen LogP contribution is 2.29. The normalized spacial score (nSPS) is 18.0. The summed E-state index contributed by atoms with van der Waals surface area (Å²) in [7, 11) is 2.09. The van der Waals surface area contributed by atoms with Gasteiger partial charge in [-0.3, -0.25) is 4.68 Å². The molecule has 2 rings (SSSR count). The van der Waals surface area contributed by atoms with E-state index in [-0.39, 0.29) is 0 Å². The minimum atomic E-state index is 0.562. The standard InChI is InChI=1S/C17H31N3/c1-4-17(5-2)20-11-10-15(19-20)13-16(18-3)12-14-8-6-7-9-14/h10-11,14,16-18H,4-9,12-13H2,1-3H3. The van der Waals surface area contributed by atoms with Gasteiger partial charge in [0.15, 0.2) is 0 Å². The van der Waals surface area contributed by atoms with E-state index in [9.17, 15) is 0 Å². The van der Waals surface area contributed by atoms with Gasteiger partial charge in [0, 0.05) is 18.7 Å². The summed E-state index contributed by atoms with van der Waals surface area (Å²) in [5.74, 6) is 0.938. The predicted molar refractivity (Wildman–Crippen MR) is 85.0 cm³/mol. The third-order valence-electron chi connectivity index (χ3n) is 4.94. The maximum atomic E-state index is 4.79. The van der Waals surface area contributed by atoms with Crippen LogP contribution in [0.4, 0.5) is 0 Å². The van der Waals surface area contributed by atoms with Crippen LogP contribution in [0.1, 0.15) is 70.5 Å². The van der Waals surface area contributed by atoms with Crippen molar-refractivity contribution >= 4 is 0 Å². The molecule has 1 fully saturated rings. The summed E-state index contributed by atoms with van der Waals surface area (Å²) in [5, 5.41) is 8.29. The van der Waals surface area contributed by atoms with Gasteiger partial charge in [-0.15, -0.1) is 0 Å². The van der Waals surface area contributed by atoms with Crippen molar-refractivity contribution in [1.82, 2.24) is 15.1 Å². The van der Waals surface area contributed by atoms with Crippen LogP contribution in [-0.4, -0.2) is 22.9 Å². The first-order chi connectivity index (χ1) is 9.76. The molecule has 20 heavy (non-hydrogen) atoms. The Balaban J connectivity index is 1.90. The van der Waals surface area contributed by atoms with Gasteiger partial charge in [-0.1, -0.05) is 39.5 Å². The number of likely N-dealkylation sites (N-methyl/N-ethyl adjacent to an activating group) is 1. The number of aromatic nitrogens is 2. The largest absolute Gasteiger partial charge is 0.317 e. The summed E-state index contributed by atoms with van der Waals surface area (Å²) in [4.78, 5) is 0. The average molecular weight is 277 g/mol. The maximum Gasteiger partial charge on any atom is 0.0640 e. The van der Waals surface area contributed by atoms with Crippen molar-refractivity contribution in [3.05, 3.63) is 18.0 Å². The third kappa shape index (κ3) is 4.08. The summed E-state index contributed by atoms with van der Waals surface area (Å²) in [6, 6.07) is 3.35. The smallest absolute Gasteiger partial charge is 0.0640 e. The van der Waals surface area contributed by atoms with E-state index >= 15 is 0 Å². The molecule has 1 aliphatic carbocycles. The van der Waals surface area contributed by atoms with Crippen LogP contribution in [0.2, 0.25) is 0 Å². The molecule has 1 aromatic rings. The van der Waals surface area contributed by atoms with Crippen LogP contribution in [0.25, 0.3) is 0 Å². The molecule has 1 atom stereocenters. The van der Waals surface area contributed by atoms with Crippen molar-refractivity contribution in [3.8, 4) is 0 Å². The molecule has 3 nitrogen and oxygen atoms in total. The van der Waals surface area contributed by atoms with E-state index in [2.05, 4.69) is 43.2 Å². The summed E-state index contributed by atoms with van der Waals surface area (Å²) in [6.07, 6.45) is 12.6. The first-order valence-corrected chi connectivity index (χ1v) is 8.48. The van der Waals surface area contributed by atoms with E-state index in [1.165, 1.54) is 37.8 Å². The number of nitrogens with one attached hydrogen (secondary N) is 1. The fourth-order valence-electron chi connectivity index (χ4n) is 3.56. The van der Waals surface area contributed by atoms with Crippen LogP contribution in [0.3, 0.4) is 0 Å². The molecular weight excluding hydrogens is 246 g/mol. The Morgan fingerprint density at radius 3 is 2.60 bits per heavy atom. The molecule has 0 amide bonds. The molecule has 1 aromatic heterocycles. The van der Waals surface area contributed by atoms with Crippen LogP contribution in [0.5, 0.6) is 0 Å². The number of hydrogen-bond acceptors (Lipinski definition) is 2. The van der Waals surface area contributed by atoms with Crippen LogP contribution in [-0.2, 0) is 6.42 Å². The van der Waals surface area contributed by atoms with E-state index in [0.29, 0.717) is 12.1 Å². The Morgan fingerprint density at radius 2 is 2.00 bits per heavy atom. The summed E-state index contributed by atoms with van der Waals surface area (Å²) < 4.78 is 2.16.